The van der Waals surface area contributed by atoms with Crippen molar-refractivity contribution in [3.05, 3.63) is 40.3 Å². The van der Waals surface area contributed by atoms with Gasteiger partial charge in [0.15, 0.2) is 0 Å². The topological polar surface area (TPSA) is 90.1 Å². The van der Waals surface area contributed by atoms with E-state index >= 15 is 0 Å². The molecule has 2 aromatic heterocycles. The summed E-state index contributed by atoms with van der Waals surface area (Å²) < 4.78 is 11.1. The van der Waals surface area contributed by atoms with Gasteiger partial charge in [-0.1, -0.05) is 21.1 Å². The first-order valence-corrected chi connectivity index (χ1v) is 7.71. The van der Waals surface area contributed by atoms with E-state index in [1.807, 2.05) is 24.3 Å². The summed E-state index contributed by atoms with van der Waals surface area (Å²) in [4.78, 5) is 20.2. The second-order valence-electron chi connectivity index (χ2n) is 4.70. The Morgan fingerprint density at radius 1 is 1.30 bits per heavy atom. The summed E-state index contributed by atoms with van der Waals surface area (Å²) in [7, 11) is 0. The fraction of sp³-hybridized carbons (Fsp3) is 0.200. The van der Waals surface area contributed by atoms with E-state index in [2.05, 4.69) is 36.4 Å². The zero-order valence-corrected chi connectivity index (χ0v) is 14.0. The lowest BCUT2D eigenvalue weighted by molar-refractivity contribution is 0.0512. The van der Waals surface area contributed by atoms with Gasteiger partial charge in [-0.2, -0.15) is 4.98 Å². The van der Waals surface area contributed by atoms with Crippen molar-refractivity contribution in [3.8, 4) is 0 Å². The van der Waals surface area contributed by atoms with E-state index in [1.54, 1.807) is 13.8 Å². The summed E-state index contributed by atoms with van der Waals surface area (Å²) in [6.45, 7) is 3.74. The summed E-state index contributed by atoms with van der Waals surface area (Å²) in [5.41, 5.74) is 1.68. The average Bonchev–Trinajstić information content (AvgIpc) is 2.91. The third-order valence-corrected chi connectivity index (χ3v) is 3.60. The molecule has 1 N–H and O–H groups in total. The Kier molecular flexibility index (Phi) is 4.24. The van der Waals surface area contributed by atoms with E-state index in [1.165, 1.54) is 0 Å². The first kappa shape index (κ1) is 15.4. The highest BCUT2D eigenvalue weighted by molar-refractivity contribution is 9.10. The largest absolute Gasteiger partial charge is 0.460 e. The Bertz CT molecular complexity index is 861. The molecule has 0 spiro atoms. The number of carbonyl (C=O) groups excluding carboxylic acids is 1. The van der Waals surface area contributed by atoms with Crippen LogP contribution < -0.4 is 5.32 Å². The van der Waals surface area contributed by atoms with Crippen molar-refractivity contribution in [1.29, 1.82) is 0 Å². The number of fused-ring (bicyclic) bond motifs is 1. The van der Waals surface area contributed by atoms with Crippen molar-refractivity contribution < 1.29 is 14.1 Å². The van der Waals surface area contributed by atoms with Gasteiger partial charge in [-0.15, -0.1) is 0 Å². The Morgan fingerprint density at radius 2 is 2.04 bits per heavy atom. The lowest BCUT2D eigenvalue weighted by Crippen LogP contribution is -2.11. The molecule has 0 amide bonds. The predicted octanol–water partition coefficient (Wildman–Crippen LogP) is 3.61. The van der Waals surface area contributed by atoms with Crippen LogP contribution in [0, 0.1) is 6.92 Å². The summed E-state index contributed by atoms with van der Waals surface area (Å²) in [5, 5.41) is 7.67. The number of esters is 1. The zero-order valence-electron chi connectivity index (χ0n) is 12.5. The van der Waals surface area contributed by atoms with Crippen LogP contribution in [0.25, 0.3) is 11.1 Å². The average molecular weight is 377 g/mol. The molecule has 0 aliphatic heterocycles. The molecule has 1 aromatic carbocycles. The molecule has 0 radical (unpaired) electrons. The van der Waals surface area contributed by atoms with Gasteiger partial charge in [0.05, 0.1) is 12.3 Å². The molecule has 2 heterocycles. The molecule has 0 saturated heterocycles. The number of nitrogens with one attached hydrogen (secondary N) is 1. The van der Waals surface area contributed by atoms with Crippen LogP contribution in [0.4, 0.5) is 11.5 Å². The van der Waals surface area contributed by atoms with Crippen LogP contribution in [0.5, 0.6) is 0 Å². The Balaban J connectivity index is 2.07. The fourth-order valence-electron chi connectivity index (χ4n) is 2.04. The maximum absolute atomic E-state index is 11.9. The Morgan fingerprint density at radius 3 is 2.74 bits per heavy atom. The van der Waals surface area contributed by atoms with E-state index in [-0.39, 0.29) is 18.1 Å². The summed E-state index contributed by atoms with van der Waals surface area (Å²) in [6.07, 6.45) is 0. The number of carbonyl (C=O) groups is 1. The number of ether oxygens (including phenoxy) is 1. The van der Waals surface area contributed by atoms with Gasteiger partial charge in [0.2, 0.25) is 5.82 Å². The number of nitrogens with zero attached hydrogens (tertiary/aromatic N) is 3. The van der Waals surface area contributed by atoms with Crippen molar-refractivity contribution in [3.63, 3.8) is 0 Å². The van der Waals surface area contributed by atoms with Gasteiger partial charge in [0, 0.05) is 10.2 Å². The number of benzene rings is 1. The van der Waals surface area contributed by atoms with Crippen molar-refractivity contribution in [2.24, 2.45) is 0 Å². The number of hydrogen-bond donors (Lipinski definition) is 1. The normalized spacial score (nSPS) is 10.7. The van der Waals surface area contributed by atoms with Crippen LogP contribution in [0.2, 0.25) is 0 Å². The van der Waals surface area contributed by atoms with E-state index in [9.17, 15) is 4.79 Å². The molecule has 3 aromatic rings. The van der Waals surface area contributed by atoms with Gasteiger partial charge in [0.25, 0.3) is 5.71 Å². The highest BCUT2D eigenvalue weighted by atomic mass is 79.9. The van der Waals surface area contributed by atoms with Gasteiger partial charge in [0.1, 0.15) is 11.2 Å². The van der Waals surface area contributed by atoms with Crippen LogP contribution >= 0.6 is 15.9 Å². The second kappa shape index (κ2) is 6.33. The first-order chi connectivity index (χ1) is 11.1. The molecular weight excluding hydrogens is 364 g/mol. The third kappa shape index (κ3) is 3.16. The lowest BCUT2D eigenvalue weighted by Gasteiger charge is -2.08. The van der Waals surface area contributed by atoms with Crippen LogP contribution in [-0.2, 0) is 4.74 Å². The molecule has 0 saturated carbocycles. The van der Waals surface area contributed by atoms with Gasteiger partial charge < -0.3 is 14.6 Å². The molecule has 7 nitrogen and oxygen atoms in total. The minimum absolute atomic E-state index is 0.0740. The highest BCUT2D eigenvalue weighted by Crippen LogP contribution is 2.27. The summed E-state index contributed by atoms with van der Waals surface area (Å²) in [6, 6.07) is 7.55. The fourth-order valence-corrected chi connectivity index (χ4v) is 2.30. The smallest absolute Gasteiger partial charge is 0.376 e. The van der Waals surface area contributed by atoms with Crippen LogP contribution in [0.15, 0.2) is 33.3 Å². The van der Waals surface area contributed by atoms with E-state index < -0.39 is 5.97 Å². The van der Waals surface area contributed by atoms with Gasteiger partial charge >= 0.3 is 5.97 Å². The molecule has 23 heavy (non-hydrogen) atoms. The van der Waals surface area contributed by atoms with Crippen LogP contribution in [0.3, 0.4) is 0 Å². The number of halogens is 1. The Labute approximate surface area is 140 Å². The summed E-state index contributed by atoms with van der Waals surface area (Å²) in [5.74, 6) is -0.239. The number of hydrogen-bond acceptors (Lipinski definition) is 7. The highest BCUT2D eigenvalue weighted by Gasteiger charge is 2.19. The number of rotatable bonds is 4. The number of anilines is 2. The standard InChI is InChI=1S/C15H13BrN4O3/c1-3-22-15(21)13-18-12(11-8(2)20-23-14(11)19-13)17-10-6-4-9(16)5-7-10/h4-7H,3H2,1-2H3,(H,17,18,19). The molecule has 0 bridgehead atoms. The quantitative estimate of drug-likeness (QED) is 0.695. The molecule has 0 atom stereocenters. The van der Waals surface area contributed by atoms with E-state index in [4.69, 9.17) is 9.26 Å². The minimum atomic E-state index is -0.609. The van der Waals surface area contributed by atoms with E-state index in [0.717, 1.165) is 10.2 Å². The Hall–Kier alpha value is -2.48. The van der Waals surface area contributed by atoms with Crippen molar-refractivity contribution in [2.75, 3.05) is 11.9 Å². The second-order valence-corrected chi connectivity index (χ2v) is 5.61. The molecule has 0 aliphatic rings. The van der Waals surface area contributed by atoms with Crippen LogP contribution in [-0.4, -0.2) is 27.7 Å². The predicted molar refractivity (Wildman–Crippen MR) is 87.7 cm³/mol. The maximum atomic E-state index is 11.9. The van der Waals surface area contributed by atoms with Crippen molar-refractivity contribution >= 4 is 44.5 Å². The van der Waals surface area contributed by atoms with Crippen LogP contribution in [0.1, 0.15) is 23.2 Å². The molecule has 0 fully saturated rings. The van der Waals surface area contributed by atoms with Crippen molar-refractivity contribution in [2.45, 2.75) is 13.8 Å². The molecule has 118 valence electrons. The van der Waals surface area contributed by atoms with Gasteiger partial charge in [-0.3, -0.25) is 0 Å². The molecular formula is C15H13BrN4O3. The van der Waals surface area contributed by atoms with Gasteiger partial charge in [-0.25, -0.2) is 9.78 Å². The van der Waals surface area contributed by atoms with E-state index in [0.29, 0.717) is 16.9 Å². The number of aromatic nitrogens is 3. The molecule has 3 rings (SSSR count). The third-order valence-electron chi connectivity index (χ3n) is 3.07. The SMILES string of the molecule is CCOC(=O)c1nc(Nc2ccc(Br)cc2)c2c(C)noc2n1. The van der Waals surface area contributed by atoms with Crippen molar-refractivity contribution in [1.82, 2.24) is 15.1 Å². The minimum Gasteiger partial charge on any atom is -0.460 e. The monoisotopic (exact) mass is 376 g/mol. The summed E-state index contributed by atoms with van der Waals surface area (Å²) >= 11 is 3.38. The number of aryl methyl sites for hydroxylation is 1. The van der Waals surface area contributed by atoms with Gasteiger partial charge in [-0.05, 0) is 38.1 Å². The zero-order chi connectivity index (χ0) is 16.4. The first-order valence-electron chi connectivity index (χ1n) is 6.92. The lowest BCUT2D eigenvalue weighted by atomic mass is 10.2. The molecule has 0 aliphatic carbocycles. The molecule has 8 heteroatoms. The maximum Gasteiger partial charge on any atom is 0.376 e. The molecule has 0 unspecified atom stereocenters.